The first-order valence-corrected chi connectivity index (χ1v) is 12.8. The molecule has 0 atom stereocenters. The molecule has 2 aromatic rings. The van der Waals surface area contributed by atoms with Gasteiger partial charge in [-0.2, -0.15) is 0 Å². The molecule has 31 heavy (non-hydrogen) atoms. The smallest absolute Gasteiger partial charge is 0.307 e. The maximum absolute atomic E-state index is 12.6. The molecule has 2 aliphatic rings. The van der Waals surface area contributed by atoms with Crippen LogP contribution < -0.4 is 10.0 Å². The van der Waals surface area contributed by atoms with Gasteiger partial charge in [-0.1, -0.05) is 36.4 Å². The number of aryl methyl sites for hydroxylation is 2. The van der Waals surface area contributed by atoms with Crippen molar-refractivity contribution in [3.63, 3.8) is 0 Å². The number of hydrogen-bond acceptors (Lipinski definition) is 4. The Bertz CT molecular complexity index is 1020. The fraction of sp³-hybridized carbons (Fsp3) is 0.458. The summed E-state index contributed by atoms with van der Waals surface area (Å²) in [4.78, 5) is 14.6. The first-order valence-electron chi connectivity index (χ1n) is 11.1. The second-order valence-corrected chi connectivity index (χ2v) is 10.5. The zero-order valence-corrected chi connectivity index (χ0v) is 18.9. The van der Waals surface area contributed by atoms with Crippen molar-refractivity contribution < 1.29 is 13.2 Å². The molecule has 166 valence electrons. The van der Waals surface area contributed by atoms with Gasteiger partial charge in [-0.25, -0.2) is 17.9 Å². The number of rotatable bonds is 8. The van der Waals surface area contributed by atoms with Crippen LogP contribution in [0.5, 0.6) is 0 Å². The minimum atomic E-state index is -3.69. The van der Waals surface area contributed by atoms with Crippen LogP contribution in [-0.2, 0) is 42.3 Å². The number of amides is 2. The van der Waals surface area contributed by atoms with Gasteiger partial charge >= 0.3 is 6.03 Å². The van der Waals surface area contributed by atoms with Crippen LogP contribution in [0.25, 0.3) is 0 Å². The van der Waals surface area contributed by atoms with Crippen LogP contribution >= 0.6 is 0 Å². The second kappa shape index (κ2) is 9.40. The first kappa shape index (κ1) is 21.8. The third-order valence-electron chi connectivity index (χ3n) is 6.21. The third kappa shape index (κ3) is 5.46. The highest BCUT2D eigenvalue weighted by Crippen LogP contribution is 2.38. The Morgan fingerprint density at radius 3 is 2.29 bits per heavy atom. The summed E-state index contributed by atoms with van der Waals surface area (Å²) in [5, 5.41) is 2.89. The summed E-state index contributed by atoms with van der Waals surface area (Å²) in [6, 6.07) is 11.7. The van der Waals surface area contributed by atoms with Crippen molar-refractivity contribution in [3.05, 3.63) is 64.2 Å². The summed E-state index contributed by atoms with van der Waals surface area (Å²) in [5.41, 5.74) is 7.04. The molecular weight excluding hydrogens is 410 g/mol. The van der Waals surface area contributed by atoms with Crippen molar-refractivity contribution >= 4 is 21.7 Å². The molecule has 0 heterocycles. The summed E-state index contributed by atoms with van der Waals surface area (Å²) in [6.45, 7) is 1.40. The van der Waals surface area contributed by atoms with E-state index in [1.54, 1.807) is 0 Å². The molecule has 2 aliphatic carbocycles. The number of fused-ring (bicyclic) bond motifs is 2. The van der Waals surface area contributed by atoms with Crippen molar-refractivity contribution in [2.75, 3.05) is 24.7 Å². The van der Waals surface area contributed by atoms with Gasteiger partial charge in [0.2, 0.25) is 10.0 Å². The molecule has 2 aromatic carbocycles. The highest BCUT2D eigenvalue weighted by atomic mass is 32.2. The van der Waals surface area contributed by atoms with Gasteiger partial charge in [0.25, 0.3) is 0 Å². The lowest BCUT2D eigenvalue weighted by Gasteiger charge is -2.18. The van der Waals surface area contributed by atoms with Gasteiger partial charge < -0.3 is 10.2 Å². The Labute approximate surface area is 185 Å². The number of nitrogens with one attached hydrogen (secondary N) is 2. The average Bonchev–Trinajstić information content (AvgIpc) is 3.37. The van der Waals surface area contributed by atoms with Crippen LogP contribution in [0.2, 0.25) is 0 Å². The summed E-state index contributed by atoms with van der Waals surface area (Å²) < 4.78 is 27.1. The van der Waals surface area contributed by atoms with Crippen molar-refractivity contribution in [1.82, 2.24) is 9.62 Å². The van der Waals surface area contributed by atoms with E-state index in [0.29, 0.717) is 13.0 Å². The minimum Gasteiger partial charge on any atom is -0.307 e. The lowest BCUT2D eigenvalue weighted by Crippen LogP contribution is -2.37. The van der Waals surface area contributed by atoms with E-state index in [-0.39, 0.29) is 5.75 Å². The van der Waals surface area contributed by atoms with E-state index in [4.69, 9.17) is 0 Å². The Hall–Kier alpha value is -2.38. The summed E-state index contributed by atoms with van der Waals surface area (Å²) >= 11 is 0. The van der Waals surface area contributed by atoms with E-state index >= 15 is 0 Å². The fourth-order valence-electron chi connectivity index (χ4n) is 4.80. The number of hydrogen-bond donors (Lipinski definition) is 2. The fourth-order valence-corrected chi connectivity index (χ4v) is 5.74. The molecule has 2 amide bonds. The van der Waals surface area contributed by atoms with Crippen molar-refractivity contribution in [1.29, 1.82) is 0 Å². The molecule has 0 saturated heterocycles. The highest BCUT2D eigenvalue weighted by molar-refractivity contribution is 7.90. The summed E-state index contributed by atoms with van der Waals surface area (Å²) in [6.07, 6.45) is 6.59. The van der Waals surface area contributed by atoms with Crippen LogP contribution in [0.4, 0.5) is 10.5 Å². The molecule has 0 bridgehead atoms. The van der Waals surface area contributed by atoms with Crippen molar-refractivity contribution in [2.45, 2.75) is 51.5 Å². The van der Waals surface area contributed by atoms with Gasteiger partial charge in [-0.15, -0.1) is 0 Å². The number of carbonyl (C=O) groups is 1. The third-order valence-corrected chi connectivity index (χ3v) is 7.53. The normalized spacial score (nSPS) is 15.0. The zero-order valence-electron chi connectivity index (χ0n) is 18.1. The van der Waals surface area contributed by atoms with Crippen LogP contribution in [0.3, 0.4) is 0 Å². The number of nitrogens with zero attached hydrogens (tertiary/aromatic N) is 1. The molecule has 7 heteroatoms. The maximum atomic E-state index is 12.6. The molecule has 0 aromatic heterocycles. The lowest BCUT2D eigenvalue weighted by molar-refractivity contribution is 0.256. The summed E-state index contributed by atoms with van der Waals surface area (Å²) in [5.74, 6) is -0.0788. The number of benzene rings is 2. The van der Waals surface area contributed by atoms with E-state index in [2.05, 4.69) is 33.1 Å². The quantitative estimate of drug-likeness (QED) is 0.656. The maximum Gasteiger partial charge on any atom is 0.332 e. The van der Waals surface area contributed by atoms with E-state index in [0.717, 1.165) is 50.8 Å². The Morgan fingerprint density at radius 2 is 1.65 bits per heavy atom. The van der Waals surface area contributed by atoms with E-state index in [1.807, 2.05) is 25.2 Å². The lowest BCUT2D eigenvalue weighted by atomic mass is 9.99. The van der Waals surface area contributed by atoms with Crippen LogP contribution in [0.15, 0.2) is 36.4 Å². The van der Waals surface area contributed by atoms with Gasteiger partial charge in [-0.05, 0) is 86.4 Å². The highest BCUT2D eigenvalue weighted by Gasteiger charge is 2.25. The topological polar surface area (TPSA) is 78.5 Å². The van der Waals surface area contributed by atoms with E-state index < -0.39 is 16.1 Å². The molecular formula is C24H31N3O3S. The predicted octanol–water partition coefficient (Wildman–Crippen LogP) is 3.64. The van der Waals surface area contributed by atoms with Crippen molar-refractivity contribution in [3.8, 4) is 0 Å². The molecule has 0 fully saturated rings. The Kier molecular flexibility index (Phi) is 6.62. The number of anilines is 1. The van der Waals surface area contributed by atoms with Crippen LogP contribution in [0, 0.1) is 0 Å². The molecule has 0 aliphatic heterocycles. The van der Waals surface area contributed by atoms with Crippen LogP contribution in [-0.4, -0.2) is 38.7 Å². The van der Waals surface area contributed by atoms with Crippen molar-refractivity contribution in [2.24, 2.45) is 0 Å². The van der Waals surface area contributed by atoms with Crippen LogP contribution in [0.1, 0.15) is 47.1 Å². The SMILES string of the molecule is CN(CCCS(=O)(=O)NC(=O)Nc1c2c(cc3c1CCC3)CCC2)Cc1ccccc1. The van der Waals surface area contributed by atoms with Gasteiger partial charge in [0.05, 0.1) is 5.75 Å². The number of sulfonamides is 1. The molecule has 0 unspecified atom stereocenters. The number of carbonyl (C=O) groups excluding carboxylic acids is 1. The molecule has 0 radical (unpaired) electrons. The minimum absolute atomic E-state index is 0.0788. The largest absolute Gasteiger partial charge is 0.332 e. The first-order chi connectivity index (χ1) is 14.9. The average molecular weight is 442 g/mol. The van der Waals surface area contributed by atoms with E-state index in [9.17, 15) is 13.2 Å². The van der Waals surface area contributed by atoms with Gasteiger partial charge in [0, 0.05) is 12.2 Å². The molecule has 6 nitrogen and oxygen atoms in total. The molecule has 0 spiro atoms. The Morgan fingerprint density at radius 1 is 1.00 bits per heavy atom. The molecule has 2 N–H and O–H groups in total. The standard InChI is InChI=1S/C24H31N3O3S/c1-27(17-18-8-3-2-4-9-18)14-7-15-31(29,30)26-24(28)25-23-21-12-5-10-19(21)16-20-11-6-13-22(20)23/h2-4,8-9,16H,5-7,10-15,17H2,1H3,(H2,25,26,28). The van der Waals surface area contributed by atoms with Gasteiger partial charge in [0.1, 0.15) is 0 Å². The predicted molar refractivity (Wildman–Crippen MR) is 124 cm³/mol. The Balaban J connectivity index is 1.31. The number of urea groups is 1. The molecule has 0 saturated carbocycles. The molecule has 4 rings (SSSR count). The zero-order chi connectivity index (χ0) is 21.8. The second-order valence-electron chi connectivity index (χ2n) is 8.69. The van der Waals surface area contributed by atoms with Gasteiger partial charge in [0.15, 0.2) is 0 Å². The monoisotopic (exact) mass is 441 g/mol. The summed E-state index contributed by atoms with van der Waals surface area (Å²) in [7, 11) is -1.72. The van der Waals surface area contributed by atoms with E-state index in [1.165, 1.54) is 27.8 Å². The van der Waals surface area contributed by atoms with Gasteiger partial charge in [-0.3, -0.25) is 0 Å².